The average Bonchev–Trinajstić information content (AvgIpc) is 2.42. The summed E-state index contributed by atoms with van der Waals surface area (Å²) in [5.74, 6) is -1.58. The van der Waals surface area contributed by atoms with Crippen molar-refractivity contribution in [2.45, 2.75) is 12.8 Å². The molecule has 0 saturated carbocycles. The first-order valence-electron chi connectivity index (χ1n) is 5.91. The minimum Gasteiger partial charge on any atom is -0.478 e. The van der Waals surface area contributed by atoms with Crippen LogP contribution in [0.5, 0.6) is 0 Å². The van der Waals surface area contributed by atoms with Crippen LogP contribution in [-0.2, 0) is 4.74 Å². The summed E-state index contributed by atoms with van der Waals surface area (Å²) in [7, 11) is 0. The Kier molecular flexibility index (Phi) is 6.09. The first-order chi connectivity index (χ1) is 9.15. The van der Waals surface area contributed by atoms with E-state index in [1.165, 1.54) is 24.3 Å². The highest BCUT2D eigenvalue weighted by Gasteiger charge is 2.09. The van der Waals surface area contributed by atoms with Crippen molar-refractivity contribution < 1.29 is 19.4 Å². The normalized spacial score (nSPS) is 10.3. The van der Waals surface area contributed by atoms with Crippen LogP contribution in [0.2, 0.25) is 0 Å². The van der Waals surface area contributed by atoms with Gasteiger partial charge in [0.2, 0.25) is 0 Å². The Balaban J connectivity index is 2.47. The third-order valence-electron chi connectivity index (χ3n) is 2.33. The maximum absolute atomic E-state index is 11.7. The van der Waals surface area contributed by atoms with E-state index in [0.717, 1.165) is 6.42 Å². The minimum atomic E-state index is -1.07. The van der Waals surface area contributed by atoms with E-state index in [1.807, 2.05) is 12.2 Å². The van der Waals surface area contributed by atoms with E-state index < -0.39 is 11.9 Å². The Morgan fingerprint density at radius 1 is 1.26 bits per heavy atom. The van der Waals surface area contributed by atoms with Crippen molar-refractivity contribution >= 4 is 11.9 Å². The average molecular weight is 260 g/mol. The van der Waals surface area contributed by atoms with Crippen molar-refractivity contribution in [3.63, 3.8) is 0 Å². The molecule has 1 N–H and O–H groups in total. The third-order valence-corrected chi connectivity index (χ3v) is 2.33. The number of aromatic carboxylic acids is 1. The molecule has 0 spiro atoms. The van der Waals surface area contributed by atoms with Gasteiger partial charge in [-0.15, -0.1) is 6.58 Å². The topological polar surface area (TPSA) is 63.6 Å². The maximum Gasteiger partial charge on any atom is 0.338 e. The summed E-state index contributed by atoms with van der Waals surface area (Å²) >= 11 is 0. The zero-order valence-electron chi connectivity index (χ0n) is 10.5. The number of hydrogen-bond donors (Lipinski definition) is 1. The van der Waals surface area contributed by atoms with Gasteiger partial charge in [-0.05, 0) is 31.0 Å². The van der Waals surface area contributed by atoms with Crippen LogP contribution >= 0.6 is 0 Å². The van der Waals surface area contributed by atoms with Crippen LogP contribution < -0.4 is 0 Å². The van der Waals surface area contributed by atoms with E-state index in [2.05, 4.69) is 6.58 Å². The van der Waals surface area contributed by atoms with E-state index >= 15 is 0 Å². The molecular formula is C15H16O4. The molecule has 0 amide bonds. The molecule has 0 fully saturated rings. The first kappa shape index (κ1) is 14.7. The molecule has 0 aliphatic rings. The molecule has 0 atom stereocenters. The predicted octanol–water partition coefficient (Wildman–Crippen LogP) is 3.06. The molecule has 0 aliphatic carbocycles. The fourth-order valence-electron chi connectivity index (χ4n) is 1.39. The largest absolute Gasteiger partial charge is 0.478 e. The van der Waals surface area contributed by atoms with Crippen molar-refractivity contribution in [3.8, 4) is 0 Å². The summed E-state index contributed by atoms with van der Waals surface area (Å²) in [4.78, 5) is 22.4. The molecule has 19 heavy (non-hydrogen) atoms. The van der Waals surface area contributed by atoms with Gasteiger partial charge in [-0.1, -0.05) is 24.3 Å². The summed E-state index contributed by atoms with van der Waals surface area (Å²) in [5.41, 5.74) is 0.315. The number of hydrogen-bond acceptors (Lipinski definition) is 3. The second-order valence-corrected chi connectivity index (χ2v) is 3.81. The Bertz CT molecular complexity index is 489. The molecule has 1 aromatic rings. The quantitative estimate of drug-likeness (QED) is 0.465. The zero-order valence-corrected chi connectivity index (χ0v) is 10.5. The van der Waals surface area contributed by atoms with Crippen LogP contribution in [0.25, 0.3) is 0 Å². The number of carbonyl (C=O) groups is 2. The lowest BCUT2D eigenvalue weighted by molar-refractivity contribution is 0.0511. The first-order valence-corrected chi connectivity index (χ1v) is 5.91. The SMILES string of the molecule is C=CCC=CCCOC(=O)c1cccc(C(=O)O)c1. The highest BCUT2D eigenvalue weighted by Crippen LogP contribution is 2.07. The van der Waals surface area contributed by atoms with Gasteiger partial charge in [-0.25, -0.2) is 9.59 Å². The molecule has 4 nitrogen and oxygen atoms in total. The second-order valence-electron chi connectivity index (χ2n) is 3.81. The Morgan fingerprint density at radius 3 is 2.68 bits per heavy atom. The van der Waals surface area contributed by atoms with E-state index in [4.69, 9.17) is 9.84 Å². The van der Waals surface area contributed by atoms with Crippen LogP contribution in [0.4, 0.5) is 0 Å². The molecule has 0 aromatic heterocycles. The smallest absolute Gasteiger partial charge is 0.338 e. The monoisotopic (exact) mass is 260 g/mol. The number of allylic oxidation sites excluding steroid dienone is 2. The highest BCUT2D eigenvalue weighted by molar-refractivity contribution is 5.94. The van der Waals surface area contributed by atoms with Gasteiger partial charge in [-0.3, -0.25) is 0 Å². The van der Waals surface area contributed by atoms with Gasteiger partial charge in [0, 0.05) is 0 Å². The molecule has 0 unspecified atom stereocenters. The van der Waals surface area contributed by atoms with Crippen molar-refractivity contribution in [3.05, 3.63) is 60.2 Å². The van der Waals surface area contributed by atoms with Crippen molar-refractivity contribution in [2.24, 2.45) is 0 Å². The number of benzene rings is 1. The summed E-state index contributed by atoms with van der Waals surface area (Å²) in [6.45, 7) is 3.85. The van der Waals surface area contributed by atoms with E-state index in [0.29, 0.717) is 6.42 Å². The number of ether oxygens (including phenoxy) is 1. The van der Waals surface area contributed by atoms with E-state index in [-0.39, 0.29) is 17.7 Å². The Hall–Kier alpha value is -2.36. The van der Waals surface area contributed by atoms with Gasteiger partial charge in [0.05, 0.1) is 17.7 Å². The van der Waals surface area contributed by atoms with Crippen molar-refractivity contribution in [1.82, 2.24) is 0 Å². The number of rotatable bonds is 7. The lowest BCUT2D eigenvalue weighted by Crippen LogP contribution is -2.07. The van der Waals surface area contributed by atoms with Gasteiger partial charge >= 0.3 is 11.9 Å². The zero-order chi connectivity index (χ0) is 14.1. The van der Waals surface area contributed by atoms with Crippen LogP contribution in [0.15, 0.2) is 49.1 Å². The Labute approximate surface area is 112 Å². The standard InChI is InChI=1S/C15H16O4/c1-2-3-4-5-6-10-19-15(18)13-9-7-8-12(11-13)14(16)17/h2,4-5,7-9,11H,1,3,6,10H2,(H,16,17). The van der Waals surface area contributed by atoms with Gasteiger partial charge in [0.1, 0.15) is 0 Å². The fourth-order valence-corrected chi connectivity index (χ4v) is 1.39. The summed E-state index contributed by atoms with van der Waals surface area (Å²) in [5, 5.41) is 8.82. The fraction of sp³-hybridized carbons (Fsp3) is 0.200. The number of carboxylic acids is 1. The van der Waals surface area contributed by atoms with Gasteiger partial charge < -0.3 is 9.84 Å². The molecule has 0 aliphatic heterocycles. The summed E-state index contributed by atoms with van der Waals surface area (Å²) < 4.78 is 5.03. The number of carbonyl (C=O) groups excluding carboxylic acids is 1. The second kappa shape index (κ2) is 7.87. The molecule has 4 heteroatoms. The van der Waals surface area contributed by atoms with Crippen LogP contribution in [0.1, 0.15) is 33.6 Å². The Morgan fingerprint density at radius 2 is 2.00 bits per heavy atom. The van der Waals surface area contributed by atoms with Crippen LogP contribution in [0, 0.1) is 0 Å². The lowest BCUT2D eigenvalue weighted by Gasteiger charge is -2.03. The van der Waals surface area contributed by atoms with Gasteiger partial charge in [0.25, 0.3) is 0 Å². The molecule has 100 valence electrons. The predicted molar refractivity (Wildman–Crippen MR) is 72.3 cm³/mol. The minimum absolute atomic E-state index is 0.0697. The van der Waals surface area contributed by atoms with Crippen molar-refractivity contribution in [2.75, 3.05) is 6.61 Å². The van der Waals surface area contributed by atoms with Crippen LogP contribution in [-0.4, -0.2) is 23.7 Å². The van der Waals surface area contributed by atoms with Gasteiger partial charge in [-0.2, -0.15) is 0 Å². The van der Waals surface area contributed by atoms with Crippen LogP contribution in [0.3, 0.4) is 0 Å². The van der Waals surface area contributed by atoms with Crippen molar-refractivity contribution in [1.29, 1.82) is 0 Å². The van der Waals surface area contributed by atoms with E-state index in [1.54, 1.807) is 6.08 Å². The maximum atomic E-state index is 11.7. The molecule has 1 aromatic carbocycles. The van der Waals surface area contributed by atoms with E-state index in [9.17, 15) is 9.59 Å². The number of esters is 1. The molecular weight excluding hydrogens is 244 g/mol. The molecule has 1 rings (SSSR count). The molecule has 0 radical (unpaired) electrons. The summed E-state index contributed by atoms with van der Waals surface area (Å²) in [6.07, 6.45) is 7.03. The molecule has 0 saturated heterocycles. The molecule has 0 heterocycles. The highest BCUT2D eigenvalue weighted by atomic mass is 16.5. The third kappa shape index (κ3) is 5.21. The summed E-state index contributed by atoms with van der Waals surface area (Å²) in [6, 6.07) is 5.78. The number of carboxylic acid groups (broad SMARTS) is 1. The lowest BCUT2D eigenvalue weighted by atomic mass is 10.1. The van der Waals surface area contributed by atoms with Gasteiger partial charge in [0.15, 0.2) is 0 Å². The molecule has 0 bridgehead atoms.